The molecule has 8 nitrogen and oxygen atoms in total. The Balaban J connectivity index is 1.77. The van der Waals surface area contributed by atoms with E-state index in [1.165, 1.54) is 5.01 Å². The molecule has 130 valence electrons. The van der Waals surface area contributed by atoms with E-state index in [0.717, 1.165) is 0 Å². The first-order valence-electron chi connectivity index (χ1n) is 7.67. The topological polar surface area (TPSA) is 92.5 Å². The maximum Gasteiger partial charge on any atom is 0.265 e. The molecule has 25 heavy (non-hydrogen) atoms. The van der Waals surface area contributed by atoms with Crippen LogP contribution in [-0.4, -0.2) is 32.3 Å². The Kier molecular flexibility index (Phi) is 4.54. The second kappa shape index (κ2) is 6.64. The number of aryl methyl sites for hydroxylation is 1. The van der Waals surface area contributed by atoms with Gasteiger partial charge in [0.25, 0.3) is 5.91 Å². The normalized spacial score (nSPS) is 18.2. The van der Waals surface area contributed by atoms with Crippen molar-refractivity contribution in [3.05, 3.63) is 41.4 Å². The van der Waals surface area contributed by atoms with Gasteiger partial charge in [-0.25, -0.2) is 0 Å². The van der Waals surface area contributed by atoms with E-state index in [9.17, 15) is 9.59 Å². The summed E-state index contributed by atoms with van der Waals surface area (Å²) in [5.41, 5.74) is 0.946. The summed E-state index contributed by atoms with van der Waals surface area (Å²) in [7, 11) is 1.78. The average molecular weight is 361 g/mol. The molecule has 1 aromatic heterocycles. The first-order chi connectivity index (χ1) is 11.9. The fourth-order valence-electron chi connectivity index (χ4n) is 2.71. The number of amides is 2. The molecule has 1 aliphatic heterocycles. The Hall–Kier alpha value is -2.74. The van der Waals surface area contributed by atoms with Crippen LogP contribution in [0.2, 0.25) is 5.02 Å². The van der Waals surface area contributed by atoms with Gasteiger partial charge >= 0.3 is 0 Å². The average Bonchev–Trinajstić information content (AvgIpc) is 3.10. The van der Waals surface area contributed by atoms with E-state index in [1.54, 1.807) is 56.1 Å². The number of hydrazone groups is 1. The molecular formula is C16H17ClN6O2. The fraction of sp³-hybridized carbons (Fsp3) is 0.312. The second-order valence-corrected chi connectivity index (χ2v) is 6.27. The van der Waals surface area contributed by atoms with Crippen LogP contribution in [-0.2, 0) is 16.6 Å². The van der Waals surface area contributed by atoms with E-state index >= 15 is 0 Å². The summed E-state index contributed by atoms with van der Waals surface area (Å²) in [4.78, 5) is 25.3. The molecule has 0 unspecified atom stereocenters. The number of carbonyl (C=O) groups is 2. The maximum absolute atomic E-state index is 12.7. The summed E-state index contributed by atoms with van der Waals surface area (Å²) in [6.07, 6.45) is 1.55. The maximum atomic E-state index is 12.7. The SMILES string of the molecule is CC1=NN(c2cccc(Cl)c2)C(=O)[C@H]1C(=O)N[C@H](C)c1nncn1C. The Bertz CT molecular complexity index is 862. The lowest BCUT2D eigenvalue weighted by molar-refractivity contribution is -0.130. The van der Waals surface area contributed by atoms with E-state index in [4.69, 9.17) is 11.6 Å². The van der Waals surface area contributed by atoms with Crippen LogP contribution in [0.3, 0.4) is 0 Å². The molecule has 2 heterocycles. The number of anilines is 1. The number of rotatable bonds is 4. The van der Waals surface area contributed by atoms with Crippen molar-refractivity contribution in [1.29, 1.82) is 0 Å². The van der Waals surface area contributed by atoms with Crippen LogP contribution in [0.25, 0.3) is 0 Å². The van der Waals surface area contributed by atoms with Crippen molar-refractivity contribution in [3.63, 3.8) is 0 Å². The summed E-state index contributed by atoms with van der Waals surface area (Å²) >= 11 is 5.97. The zero-order chi connectivity index (χ0) is 18.1. The van der Waals surface area contributed by atoms with Gasteiger partial charge in [0.15, 0.2) is 11.7 Å². The molecule has 0 saturated carbocycles. The van der Waals surface area contributed by atoms with E-state index in [2.05, 4.69) is 20.6 Å². The second-order valence-electron chi connectivity index (χ2n) is 5.83. The van der Waals surface area contributed by atoms with Gasteiger partial charge in [0.05, 0.1) is 17.4 Å². The van der Waals surface area contributed by atoms with E-state index < -0.39 is 17.7 Å². The monoisotopic (exact) mass is 360 g/mol. The summed E-state index contributed by atoms with van der Waals surface area (Å²) in [5.74, 6) is -1.22. The molecule has 0 saturated heterocycles. The molecule has 2 atom stereocenters. The molecule has 9 heteroatoms. The van der Waals surface area contributed by atoms with E-state index in [1.807, 2.05) is 0 Å². The molecule has 0 aliphatic carbocycles. The Morgan fingerprint density at radius 1 is 1.40 bits per heavy atom. The van der Waals surface area contributed by atoms with Crippen LogP contribution in [0.15, 0.2) is 35.7 Å². The van der Waals surface area contributed by atoms with Crippen molar-refractivity contribution < 1.29 is 9.59 Å². The van der Waals surface area contributed by atoms with Gasteiger partial charge in [-0.15, -0.1) is 10.2 Å². The van der Waals surface area contributed by atoms with Crippen LogP contribution in [0, 0.1) is 5.92 Å². The summed E-state index contributed by atoms with van der Waals surface area (Å²) in [6.45, 7) is 3.43. The van der Waals surface area contributed by atoms with Crippen molar-refractivity contribution in [2.45, 2.75) is 19.9 Å². The first kappa shape index (κ1) is 17.1. The summed E-state index contributed by atoms with van der Waals surface area (Å²) < 4.78 is 1.71. The number of nitrogens with one attached hydrogen (secondary N) is 1. The third-order valence-electron chi connectivity index (χ3n) is 3.94. The lowest BCUT2D eigenvalue weighted by Crippen LogP contribution is -2.41. The van der Waals surface area contributed by atoms with Crippen LogP contribution >= 0.6 is 11.6 Å². The zero-order valence-electron chi connectivity index (χ0n) is 14.0. The minimum atomic E-state index is -0.977. The number of hydrogen-bond donors (Lipinski definition) is 1. The number of benzene rings is 1. The predicted molar refractivity (Wildman–Crippen MR) is 93.1 cm³/mol. The molecule has 2 aromatic rings. The van der Waals surface area contributed by atoms with Gasteiger partial charge in [-0.3, -0.25) is 9.59 Å². The summed E-state index contributed by atoms with van der Waals surface area (Å²) in [5, 5.41) is 16.5. The predicted octanol–water partition coefficient (Wildman–Crippen LogP) is 1.68. The zero-order valence-corrected chi connectivity index (χ0v) is 14.7. The van der Waals surface area contributed by atoms with Gasteiger partial charge in [-0.2, -0.15) is 10.1 Å². The summed E-state index contributed by atoms with van der Waals surface area (Å²) in [6, 6.07) is 6.37. The Morgan fingerprint density at radius 2 is 2.16 bits per heavy atom. The van der Waals surface area contributed by atoms with Crippen LogP contribution in [0.4, 0.5) is 5.69 Å². The van der Waals surface area contributed by atoms with Gasteiger partial charge in [0, 0.05) is 12.1 Å². The fourth-order valence-corrected chi connectivity index (χ4v) is 2.89. The van der Waals surface area contributed by atoms with Crippen molar-refractivity contribution in [2.75, 3.05) is 5.01 Å². The van der Waals surface area contributed by atoms with Crippen LogP contribution < -0.4 is 10.3 Å². The highest BCUT2D eigenvalue weighted by Gasteiger charge is 2.40. The highest BCUT2D eigenvalue weighted by atomic mass is 35.5. The molecule has 0 radical (unpaired) electrons. The Morgan fingerprint density at radius 3 is 2.80 bits per heavy atom. The molecule has 2 amide bonds. The van der Waals surface area contributed by atoms with Gasteiger partial charge in [0.1, 0.15) is 6.33 Å². The third-order valence-corrected chi connectivity index (χ3v) is 4.17. The highest BCUT2D eigenvalue weighted by Crippen LogP contribution is 2.26. The lowest BCUT2D eigenvalue weighted by Gasteiger charge is -2.17. The molecule has 1 N–H and O–H groups in total. The minimum absolute atomic E-state index is 0.388. The quantitative estimate of drug-likeness (QED) is 0.839. The van der Waals surface area contributed by atoms with Crippen molar-refractivity contribution >= 4 is 34.8 Å². The molecular weight excluding hydrogens is 344 g/mol. The Labute approximate surface area is 149 Å². The van der Waals surface area contributed by atoms with Gasteiger partial charge < -0.3 is 9.88 Å². The van der Waals surface area contributed by atoms with Crippen molar-refractivity contribution in [3.8, 4) is 0 Å². The number of aromatic nitrogens is 3. The minimum Gasteiger partial charge on any atom is -0.345 e. The molecule has 1 aromatic carbocycles. The number of halogens is 1. The first-order valence-corrected chi connectivity index (χ1v) is 8.05. The number of carbonyl (C=O) groups excluding carboxylic acids is 2. The molecule has 0 spiro atoms. The molecule has 1 aliphatic rings. The third kappa shape index (κ3) is 3.25. The van der Waals surface area contributed by atoms with Crippen LogP contribution in [0.1, 0.15) is 25.7 Å². The smallest absolute Gasteiger partial charge is 0.265 e. The largest absolute Gasteiger partial charge is 0.345 e. The van der Waals surface area contributed by atoms with E-state index in [-0.39, 0.29) is 6.04 Å². The number of hydrogen-bond acceptors (Lipinski definition) is 5. The van der Waals surface area contributed by atoms with Gasteiger partial charge in [-0.05, 0) is 32.0 Å². The van der Waals surface area contributed by atoms with Crippen molar-refractivity contribution in [2.24, 2.45) is 18.1 Å². The highest BCUT2D eigenvalue weighted by molar-refractivity contribution is 6.31. The van der Waals surface area contributed by atoms with Crippen LogP contribution in [0.5, 0.6) is 0 Å². The van der Waals surface area contributed by atoms with Crippen molar-refractivity contribution in [1.82, 2.24) is 20.1 Å². The lowest BCUT2D eigenvalue weighted by atomic mass is 10.0. The van der Waals surface area contributed by atoms with Gasteiger partial charge in [-0.1, -0.05) is 17.7 Å². The van der Waals surface area contributed by atoms with E-state index in [0.29, 0.717) is 22.2 Å². The molecule has 0 bridgehead atoms. The number of nitrogens with zero attached hydrogens (tertiary/aromatic N) is 5. The molecule has 3 rings (SSSR count). The van der Waals surface area contributed by atoms with Gasteiger partial charge in [0.2, 0.25) is 5.91 Å². The standard InChI is InChI=1S/C16H17ClN6O2/c1-9-13(15(24)19-10(2)14-20-18-8-22(14)3)16(25)23(21-9)12-6-4-5-11(17)7-12/h4-8,10,13H,1-3H3,(H,19,24)/t10-,13-/m1/s1. The molecule has 0 fully saturated rings.